The highest BCUT2D eigenvalue weighted by Crippen LogP contribution is 2.39. The van der Waals surface area contributed by atoms with E-state index in [-0.39, 0.29) is 12.3 Å². The van der Waals surface area contributed by atoms with Crippen molar-refractivity contribution >= 4 is 43.7 Å². The summed E-state index contributed by atoms with van der Waals surface area (Å²) in [6.45, 7) is 3.99. The molecule has 5 heteroatoms. The molecule has 3 aromatic rings. The van der Waals surface area contributed by atoms with Crippen molar-refractivity contribution in [2.75, 3.05) is 13.6 Å². The number of aryl methyl sites for hydroxylation is 2. The molecule has 0 saturated carbocycles. The average Bonchev–Trinajstić information content (AvgIpc) is 2.93. The molecule has 0 spiro atoms. The number of hydrogen-bond donors (Lipinski definition) is 1. The van der Waals surface area contributed by atoms with Crippen LogP contribution in [0.3, 0.4) is 0 Å². The van der Waals surface area contributed by atoms with Gasteiger partial charge in [-0.1, -0.05) is 0 Å². The molecular formula is C15H14BrNO3. The Labute approximate surface area is 124 Å². The number of likely N-dealkylation sites (N-methyl/N-ethyl adjacent to an activating group) is 1. The molecule has 0 atom stereocenters. The summed E-state index contributed by atoms with van der Waals surface area (Å²) < 4.78 is 12.3. The highest BCUT2D eigenvalue weighted by Gasteiger charge is 2.23. The van der Waals surface area contributed by atoms with E-state index >= 15 is 0 Å². The van der Waals surface area contributed by atoms with Gasteiger partial charge in [-0.2, -0.15) is 0 Å². The average molecular weight is 336 g/mol. The SMILES string of the molecule is CNCC(=O)c1c2cc(C)oc2c(Br)c2cc(C)oc12. The number of furan rings is 2. The fourth-order valence-electron chi connectivity index (χ4n) is 2.50. The van der Waals surface area contributed by atoms with Gasteiger partial charge in [0.25, 0.3) is 0 Å². The molecule has 4 nitrogen and oxygen atoms in total. The molecule has 0 saturated heterocycles. The Morgan fingerprint density at radius 1 is 1.15 bits per heavy atom. The Balaban J connectivity index is 2.48. The first-order chi connectivity index (χ1) is 9.52. The second-order valence-corrected chi connectivity index (χ2v) is 5.64. The number of rotatable bonds is 3. The van der Waals surface area contributed by atoms with Crippen LogP contribution >= 0.6 is 15.9 Å². The number of benzene rings is 1. The summed E-state index contributed by atoms with van der Waals surface area (Å²) in [4.78, 5) is 12.4. The smallest absolute Gasteiger partial charge is 0.181 e. The van der Waals surface area contributed by atoms with Crippen molar-refractivity contribution in [3.63, 3.8) is 0 Å². The summed E-state index contributed by atoms with van der Waals surface area (Å²) in [5.74, 6) is 1.53. The van der Waals surface area contributed by atoms with Crippen LogP contribution in [0, 0.1) is 13.8 Å². The maximum absolute atomic E-state index is 12.4. The van der Waals surface area contributed by atoms with Gasteiger partial charge in [-0.3, -0.25) is 4.79 Å². The second kappa shape index (κ2) is 4.75. The molecule has 0 aliphatic carbocycles. The van der Waals surface area contributed by atoms with E-state index in [0.717, 1.165) is 26.8 Å². The van der Waals surface area contributed by atoms with Crippen LogP contribution in [0.4, 0.5) is 0 Å². The number of fused-ring (bicyclic) bond motifs is 2. The van der Waals surface area contributed by atoms with Crippen molar-refractivity contribution in [2.45, 2.75) is 13.8 Å². The number of halogens is 1. The molecule has 2 heterocycles. The summed E-state index contributed by atoms with van der Waals surface area (Å²) in [6, 6.07) is 3.78. The highest BCUT2D eigenvalue weighted by molar-refractivity contribution is 9.10. The van der Waals surface area contributed by atoms with Crippen LogP contribution in [-0.4, -0.2) is 19.4 Å². The van der Waals surface area contributed by atoms with E-state index in [4.69, 9.17) is 8.83 Å². The summed E-state index contributed by atoms with van der Waals surface area (Å²) in [7, 11) is 1.75. The van der Waals surface area contributed by atoms with Gasteiger partial charge >= 0.3 is 0 Å². The highest BCUT2D eigenvalue weighted by atomic mass is 79.9. The van der Waals surface area contributed by atoms with Gasteiger partial charge < -0.3 is 14.2 Å². The largest absolute Gasteiger partial charge is 0.461 e. The van der Waals surface area contributed by atoms with Gasteiger partial charge in [0.15, 0.2) is 5.78 Å². The monoisotopic (exact) mass is 335 g/mol. The van der Waals surface area contributed by atoms with Crippen molar-refractivity contribution in [3.8, 4) is 0 Å². The Kier molecular flexibility index (Phi) is 3.18. The Morgan fingerprint density at radius 3 is 2.40 bits per heavy atom. The second-order valence-electron chi connectivity index (χ2n) is 4.84. The maximum Gasteiger partial charge on any atom is 0.181 e. The predicted octanol–water partition coefficient (Wildman–Crippen LogP) is 3.96. The van der Waals surface area contributed by atoms with Gasteiger partial charge in [0.2, 0.25) is 0 Å². The Morgan fingerprint density at radius 2 is 1.75 bits per heavy atom. The molecule has 1 aromatic carbocycles. The third kappa shape index (κ3) is 1.89. The van der Waals surface area contributed by atoms with Crippen LogP contribution < -0.4 is 5.32 Å². The summed E-state index contributed by atoms with van der Waals surface area (Å²) in [5.41, 5.74) is 1.88. The predicted molar refractivity (Wildman–Crippen MR) is 81.4 cm³/mol. The first kappa shape index (κ1) is 13.4. The van der Waals surface area contributed by atoms with Crippen LogP contribution in [-0.2, 0) is 0 Å². The molecule has 0 amide bonds. The lowest BCUT2D eigenvalue weighted by Gasteiger charge is -2.05. The minimum Gasteiger partial charge on any atom is -0.461 e. The molecule has 0 radical (unpaired) electrons. The van der Waals surface area contributed by atoms with Gasteiger partial charge in [-0.25, -0.2) is 0 Å². The number of ketones is 1. The third-order valence-corrected chi connectivity index (χ3v) is 4.05. The molecule has 0 bridgehead atoms. The van der Waals surface area contributed by atoms with E-state index in [9.17, 15) is 4.79 Å². The van der Waals surface area contributed by atoms with E-state index in [1.165, 1.54) is 0 Å². The molecule has 0 fully saturated rings. The zero-order valence-electron chi connectivity index (χ0n) is 11.5. The molecule has 104 valence electrons. The standard InChI is InChI=1S/C15H14BrNO3/c1-7-4-9-12(11(18)6-17-3)14-10(5-8(2)19-14)13(16)15(9)20-7/h4-5,17H,6H2,1-3H3. The molecule has 0 unspecified atom stereocenters. The van der Waals surface area contributed by atoms with E-state index in [1.807, 2.05) is 26.0 Å². The molecule has 2 aromatic heterocycles. The third-order valence-electron chi connectivity index (χ3n) is 3.26. The molecule has 1 N–H and O–H groups in total. The molecular weight excluding hydrogens is 322 g/mol. The number of carbonyl (C=O) groups excluding carboxylic acids is 1. The minimum atomic E-state index is -0.00912. The van der Waals surface area contributed by atoms with Crippen molar-refractivity contribution in [1.29, 1.82) is 0 Å². The van der Waals surface area contributed by atoms with E-state index in [1.54, 1.807) is 7.05 Å². The number of nitrogens with one attached hydrogen (secondary N) is 1. The van der Waals surface area contributed by atoms with Crippen LogP contribution in [0.5, 0.6) is 0 Å². The number of carbonyl (C=O) groups is 1. The van der Waals surface area contributed by atoms with Gasteiger partial charge in [0.1, 0.15) is 22.7 Å². The van der Waals surface area contributed by atoms with Crippen LogP contribution in [0.2, 0.25) is 0 Å². The molecule has 0 aliphatic rings. The summed E-state index contributed by atoms with van der Waals surface area (Å²) >= 11 is 3.55. The first-order valence-electron chi connectivity index (χ1n) is 6.32. The van der Waals surface area contributed by atoms with E-state index in [2.05, 4.69) is 21.2 Å². The Bertz CT molecular complexity index is 771. The van der Waals surface area contributed by atoms with Crippen LogP contribution in [0.1, 0.15) is 21.9 Å². The Hall–Kier alpha value is -1.59. The summed E-state index contributed by atoms with van der Waals surface area (Å²) in [5, 5.41) is 4.54. The van der Waals surface area contributed by atoms with Crippen molar-refractivity contribution < 1.29 is 13.6 Å². The quantitative estimate of drug-likeness (QED) is 0.736. The summed E-state index contributed by atoms with van der Waals surface area (Å²) in [6.07, 6.45) is 0. The normalized spacial score (nSPS) is 11.6. The van der Waals surface area contributed by atoms with Crippen molar-refractivity contribution in [1.82, 2.24) is 5.32 Å². The van der Waals surface area contributed by atoms with Gasteiger partial charge in [-0.15, -0.1) is 0 Å². The fraction of sp³-hybridized carbons (Fsp3) is 0.267. The van der Waals surface area contributed by atoms with Crippen molar-refractivity contribution in [2.24, 2.45) is 0 Å². The van der Waals surface area contributed by atoms with Crippen LogP contribution in [0.25, 0.3) is 21.9 Å². The fourth-order valence-corrected chi connectivity index (χ4v) is 3.09. The zero-order valence-corrected chi connectivity index (χ0v) is 13.1. The number of Topliss-reactive ketones (excluding diaryl/α,β-unsaturated/α-hetero) is 1. The molecule has 20 heavy (non-hydrogen) atoms. The lowest BCUT2D eigenvalue weighted by molar-refractivity contribution is 0.0995. The van der Waals surface area contributed by atoms with Gasteiger partial charge in [0.05, 0.1) is 16.6 Å². The van der Waals surface area contributed by atoms with Crippen LogP contribution in [0.15, 0.2) is 25.4 Å². The maximum atomic E-state index is 12.4. The lowest BCUT2D eigenvalue weighted by atomic mass is 10.0. The van der Waals surface area contributed by atoms with E-state index in [0.29, 0.717) is 16.7 Å². The lowest BCUT2D eigenvalue weighted by Crippen LogP contribution is -2.18. The van der Waals surface area contributed by atoms with E-state index < -0.39 is 0 Å². The minimum absolute atomic E-state index is 0.00912. The molecule has 3 rings (SSSR count). The topological polar surface area (TPSA) is 55.4 Å². The molecule has 0 aliphatic heterocycles. The first-order valence-corrected chi connectivity index (χ1v) is 7.11. The zero-order chi connectivity index (χ0) is 14.4. The number of hydrogen-bond acceptors (Lipinski definition) is 4. The van der Waals surface area contributed by atoms with Gasteiger partial charge in [-0.05, 0) is 49.0 Å². The van der Waals surface area contributed by atoms with Gasteiger partial charge in [0, 0.05) is 10.8 Å². The van der Waals surface area contributed by atoms with Crippen molar-refractivity contribution in [3.05, 3.63) is 33.7 Å².